The summed E-state index contributed by atoms with van der Waals surface area (Å²) in [6.45, 7) is 2.11. The van der Waals surface area contributed by atoms with Crippen molar-refractivity contribution >= 4 is 10.1 Å². The Morgan fingerprint density at radius 3 is 1.08 bits per heavy atom. The largest absolute Gasteiger partial charge is 0.368 e. The molecule has 2 heterocycles. The summed E-state index contributed by atoms with van der Waals surface area (Å²) in [6.07, 6.45) is -10.5. The van der Waals surface area contributed by atoms with Gasteiger partial charge in [0.1, 0.15) is 48.8 Å². The number of aliphatic hydroxyl groups excluding tert-OH is 1. The molecule has 0 aliphatic carbocycles. The number of hydrogen-bond donors (Lipinski definition) is 1. The lowest BCUT2D eigenvalue weighted by Gasteiger charge is -2.47. The van der Waals surface area contributed by atoms with E-state index in [1.54, 1.807) is 12.1 Å². The summed E-state index contributed by atoms with van der Waals surface area (Å²) in [6, 6.07) is 64.6. The van der Waals surface area contributed by atoms with Crippen LogP contribution in [0.5, 0.6) is 0 Å². The highest BCUT2D eigenvalue weighted by molar-refractivity contribution is 7.86. The van der Waals surface area contributed by atoms with Crippen molar-refractivity contribution in [2.75, 3.05) is 13.2 Å². The second-order valence-electron chi connectivity index (χ2n) is 18.6. The third kappa shape index (κ3) is 15.4. The lowest BCUT2D eigenvalue weighted by atomic mass is 9.97. The van der Waals surface area contributed by atoms with Crippen molar-refractivity contribution in [2.24, 2.45) is 0 Å². The molecule has 0 unspecified atom stereocenters. The Balaban J connectivity index is 1.06. The average Bonchev–Trinajstić information content (AvgIpc) is 3.45. The van der Waals surface area contributed by atoms with E-state index in [-0.39, 0.29) is 51.1 Å². The van der Waals surface area contributed by atoms with Gasteiger partial charge in [-0.3, -0.25) is 4.18 Å². The molecule has 0 amide bonds. The summed E-state index contributed by atoms with van der Waals surface area (Å²) in [5, 5.41) is 12.0. The molecule has 0 aromatic heterocycles. The van der Waals surface area contributed by atoms with E-state index in [0.29, 0.717) is 0 Å². The number of rotatable bonds is 25. The zero-order valence-corrected chi connectivity index (χ0v) is 42.6. The van der Waals surface area contributed by atoms with Gasteiger partial charge in [-0.15, -0.1) is 0 Å². The fourth-order valence-corrected chi connectivity index (χ4v) is 9.95. The van der Waals surface area contributed by atoms with Gasteiger partial charge < -0.3 is 47.7 Å². The smallest absolute Gasteiger partial charge is 0.297 e. The van der Waals surface area contributed by atoms with Crippen LogP contribution in [0.25, 0.3) is 0 Å². The first-order chi connectivity index (χ1) is 36.8. The SMILES string of the molecule is Cc1ccc(S(=O)(=O)OC[C@H]2O[C@H](OC[C@H]3O[C@H](O)[C@@H](OCc4ccccc4)[C@@H](OCc4ccccc4)[C@@H]3OCc3ccccc3)[C@H](OCc3ccccc3)[C@@H](OCc3ccccc3)[C@@H]2OCc2ccccc2)cc1. The Kier molecular flexibility index (Phi) is 19.5. The minimum atomic E-state index is -4.29. The van der Waals surface area contributed by atoms with E-state index < -0.39 is 78.1 Å². The summed E-state index contributed by atoms with van der Waals surface area (Å²) in [5.41, 5.74) is 6.24. The summed E-state index contributed by atoms with van der Waals surface area (Å²) in [5.74, 6) is 0. The molecule has 2 aliphatic rings. The number of aliphatic hydroxyl groups is 1. The van der Waals surface area contributed by atoms with Crippen LogP contribution in [-0.2, 0) is 96.6 Å². The van der Waals surface area contributed by atoms with Gasteiger partial charge in [0.15, 0.2) is 12.6 Å². The van der Waals surface area contributed by atoms with Crippen LogP contribution in [0.2, 0.25) is 0 Å². The second kappa shape index (κ2) is 27.2. The fraction of sp³-hybridized carbons (Fsp3) is 0.311. The van der Waals surface area contributed by atoms with Gasteiger partial charge in [0.2, 0.25) is 0 Å². The molecule has 1 N–H and O–H groups in total. The Labute approximate surface area is 439 Å². The van der Waals surface area contributed by atoms with Crippen molar-refractivity contribution in [3.8, 4) is 0 Å². The maximum atomic E-state index is 13.9. The van der Waals surface area contributed by atoms with Gasteiger partial charge in [-0.25, -0.2) is 0 Å². The maximum Gasteiger partial charge on any atom is 0.297 e. The Morgan fingerprint density at radius 1 is 0.373 bits per heavy atom. The Morgan fingerprint density at radius 2 is 0.693 bits per heavy atom. The van der Waals surface area contributed by atoms with E-state index in [0.717, 1.165) is 38.9 Å². The normalized spacial score (nSPS) is 23.9. The van der Waals surface area contributed by atoms with Crippen molar-refractivity contribution in [3.05, 3.63) is 245 Å². The number of benzene rings is 7. The third-order valence-electron chi connectivity index (χ3n) is 13.0. The summed E-state index contributed by atoms with van der Waals surface area (Å²) >= 11 is 0. The molecule has 7 aromatic carbocycles. The van der Waals surface area contributed by atoms with Crippen LogP contribution in [-0.4, -0.2) is 88.1 Å². The molecular weight excluding hydrogens is 973 g/mol. The molecule has 9 rings (SSSR count). The first-order valence-corrected chi connectivity index (χ1v) is 26.7. The molecule has 0 radical (unpaired) electrons. The van der Waals surface area contributed by atoms with E-state index in [1.807, 2.05) is 189 Å². The van der Waals surface area contributed by atoms with Crippen LogP contribution >= 0.6 is 0 Å². The molecule has 14 heteroatoms. The first kappa shape index (κ1) is 53.9. The minimum Gasteiger partial charge on any atom is -0.368 e. The van der Waals surface area contributed by atoms with Crippen molar-refractivity contribution < 1.29 is 60.3 Å². The monoisotopic (exact) mass is 1040 g/mol. The maximum absolute atomic E-state index is 13.9. The highest BCUT2D eigenvalue weighted by Crippen LogP contribution is 2.35. The predicted molar refractivity (Wildman–Crippen MR) is 280 cm³/mol. The van der Waals surface area contributed by atoms with E-state index >= 15 is 0 Å². The zero-order valence-electron chi connectivity index (χ0n) is 41.8. The van der Waals surface area contributed by atoms with Gasteiger partial charge in [0.05, 0.1) is 57.8 Å². The zero-order chi connectivity index (χ0) is 51.7. The molecule has 7 aromatic rings. The summed E-state index contributed by atoms with van der Waals surface area (Å²) in [7, 11) is -4.29. The minimum absolute atomic E-state index is 0.0101. The van der Waals surface area contributed by atoms with E-state index in [4.69, 9.17) is 46.8 Å². The van der Waals surface area contributed by atoms with Crippen molar-refractivity contribution in [2.45, 2.75) is 113 Å². The standard InChI is InChI=1S/C61H64O13S/c1-44-32-34-51(35-33-44)75(63,64)72-43-53-55(66-37-46-22-10-3-11-23-46)57(68-39-48-26-14-5-15-27-48)59(70-41-50-30-18-7-19-31-50)61(74-53)71-42-52-54(65-36-45-20-8-2-9-21-45)56(67-38-47-24-12-4-13-25-47)58(60(62)73-52)69-40-49-28-16-6-17-29-49/h2-35,52-62H,36-43H2,1H3/t52-,53-,54-,55-,56+,57+,58+,59-,60+,61+/m1/s1. The second-order valence-corrected chi connectivity index (χ2v) is 20.2. The molecule has 0 spiro atoms. The van der Waals surface area contributed by atoms with Crippen molar-refractivity contribution in [1.29, 1.82) is 0 Å². The van der Waals surface area contributed by atoms with Gasteiger partial charge in [0, 0.05) is 0 Å². The first-order valence-electron chi connectivity index (χ1n) is 25.3. The van der Waals surface area contributed by atoms with E-state index in [1.165, 1.54) is 12.1 Å². The fourth-order valence-electron chi connectivity index (χ4n) is 9.03. The lowest BCUT2D eigenvalue weighted by Crippen LogP contribution is -2.63. The van der Waals surface area contributed by atoms with Crippen LogP contribution < -0.4 is 0 Å². The van der Waals surface area contributed by atoms with Crippen LogP contribution in [0.15, 0.2) is 211 Å². The molecule has 2 fully saturated rings. The van der Waals surface area contributed by atoms with Gasteiger partial charge in [-0.1, -0.05) is 200 Å². The summed E-state index contributed by atoms with van der Waals surface area (Å²) < 4.78 is 94.4. The van der Waals surface area contributed by atoms with E-state index in [2.05, 4.69) is 0 Å². The Bertz CT molecular complexity index is 2830. The number of ether oxygens (including phenoxy) is 9. The molecule has 2 saturated heterocycles. The predicted octanol–water partition coefficient (Wildman–Crippen LogP) is 9.67. The third-order valence-corrected chi connectivity index (χ3v) is 14.3. The molecular formula is C61H64O13S. The van der Waals surface area contributed by atoms with Crippen molar-refractivity contribution in [1.82, 2.24) is 0 Å². The number of aryl methyl sites for hydroxylation is 1. The van der Waals surface area contributed by atoms with Gasteiger partial charge in [-0.2, -0.15) is 8.42 Å². The molecule has 10 atom stereocenters. The molecule has 0 saturated carbocycles. The van der Waals surface area contributed by atoms with Crippen LogP contribution in [0.4, 0.5) is 0 Å². The van der Waals surface area contributed by atoms with Crippen LogP contribution in [0, 0.1) is 6.92 Å². The van der Waals surface area contributed by atoms with Gasteiger partial charge in [0.25, 0.3) is 10.1 Å². The molecule has 75 heavy (non-hydrogen) atoms. The molecule has 0 bridgehead atoms. The summed E-state index contributed by atoms with van der Waals surface area (Å²) in [4.78, 5) is -0.0101. The number of hydrogen-bond acceptors (Lipinski definition) is 13. The quantitative estimate of drug-likeness (QED) is 0.0543. The van der Waals surface area contributed by atoms with Crippen LogP contribution in [0.3, 0.4) is 0 Å². The highest BCUT2D eigenvalue weighted by Gasteiger charge is 2.52. The van der Waals surface area contributed by atoms with E-state index in [9.17, 15) is 13.5 Å². The highest BCUT2D eigenvalue weighted by atomic mass is 32.2. The molecule has 2 aliphatic heterocycles. The van der Waals surface area contributed by atoms with Gasteiger partial charge in [-0.05, 0) is 52.4 Å². The van der Waals surface area contributed by atoms with Crippen molar-refractivity contribution in [3.63, 3.8) is 0 Å². The Hall–Kier alpha value is -5.95. The molecule has 13 nitrogen and oxygen atoms in total. The molecule has 392 valence electrons. The average molecular weight is 1040 g/mol. The lowest BCUT2D eigenvalue weighted by molar-refractivity contribution is -0.347. The van der Waals surface area contributed by atoms with Crippen LogP contribution in [0.1, 0.15) is 38.9 Å². The van der Waals surface area contributed by atoms with Gasteiger partial charge >= 0.3 is 0 Å². The topological polar surface area (TPSA) is 147 Å².